The molecule has 5 nitrogen and oxygen atoms in total. The molecule has 0 aliphatic heterocycles. The molecule has 0 amide bonds. The Bertz CT molecular complexity index is 1270. The largest absolute Gasteiger partial charge is 0.378 e. The third kappa shape index (κ3) is 4.42. The molecule has 0 aliphatic rings. The van der Waals surface area contributed by atoms with Crippen molar-refractivity contribution in [3.05, 3.63) is 78.5 Å². The molecule has 0 saturated carbocycles. The van der Waals surface area contributed by atoms with Gasteiger partial charge in [0.1, 0.15) is 11.6 Å². The second kappa shape index (κ2) is 8.70. The van der Waals surface area contributed by atoms with Crippen molar-refractivity contribution >= 4 is 11.4 Å². The summed E-state index contributed by atoms with van der Waals surface area (Å²) >= 11 is 0. The number of halogens is 2. The highest BCUT2D eigenvalue weighted by Gasteiger charge is 2.13. The lowest BCUT2D eigenvalue weighted by Crippen LogP contribution is -2.10. The minimum absolute atomic E-state index is 0.234. The Labute approximate surface area is 186 Å². The Hall–Kier alpha value is -3.87. The van der Waals surface area contributed by atoms with Crippen molar-refractivity contribution in [3.63, 3.8) is 0 Å². The van der Waals surface area contributed by atoms with Gasteiger partial charge in [0.2, 0.25) is 0 Å². The summed E-state index contributed by atoms with van der Waals surface area (Å²) in [5.74, 6) is -1.28. The Balaban J connectivity index is 1.83. The molecule has 7 heteroatoms. The molecule has 32 heavy (non-hydrogen) atoms. The van der Waals surface area contributed by atoms with Gasteiger partial charge in [-0.15, -0.1) is 0 Å². The smallest absolute Gasteiger partial charge is 0.135 e. The highest BCUT2D eigenvalue weighted by atomic mass is 19.1. The molecule has 0 fully saturated rings. The van der Waals surface area contributed by atoms with Crippen LogP contribution in [0.3, 0.4) is 0 Å². The van der Waals surface area contributed by atoms with E-state index in [4.69, 9.17) is 4.98 Å². The molecule has 0 atom stereocenters. The van der Waals surface area contributed by atoms with Gasteiger partial charge in [0, 0.05) is 57.4 Å². The first kappa shape index (κ1) is 21.4. The summed E-state index contributed by atoms with van der Waals surface area (Å²) in [6.07, 6.45) is 1.75. The molecular formula is C25H23F2N5. The lowest BCUT2D eigenvalue weighted by Gasteiger charge is -2.17. The Morgan fingerprint density at radius 3 is 1.94 bits per heavy atom. The molecule has 0 saturated heterocycles. The zero-order chi connectivity index (χ0) is 22.8. The number of aromatic nitrogens is 3. The van der Waals surface area contributed by atoms with Gasteiger partial charge in [-0.05, 0) is 48.5 Å². The second-order valence-corrected chi connectivity index (χ2v) is 7.82. The van der Waals surface area contributed by atoms with Crippen LogP contribution in [0.4, 0.5) is 20.2 Å². The van der Waals surface area contributed by atoms with Crippen LogP contribution in [0, 0.1) is 11.6 Å². The van der Waals surface area contributed by atoms with Crippen LogP contribution in [0.2, 0.25) is 0 Å². The summed E-state index contributed by atoms with van der Waals surface area (Å²) in [6, 6.07) is 16.6. The minimum Gasteiger partial charge on any atom is -0.378 e. The SMILES string of the molecule is CN(C)c1ccnc(-c2cc(N(C)C)cc(-c3cccc(-c4ccc(F)cc4F)n3)n2)c1. The first-order valence-electron chi connectivity index (χ1n) is 10.1. The average molecular weight is 431 g/mol. The van der Waals surface area contributed by atoms with Gasteiger partial charge < -0.3 is 9.80 Å². The van der Waals surface area contributed by atoms with Gasteiger partial charge in [-0.3, -0.25) is 4.98 Å². The number of benzene rings is 1. The standard InChI is InChI=1S/C25H23F2N5/c1-31(2)17-10-11-28-23(13-17)25-15-18(32(3)4)14-24(30-25)22-7-5-6-21(29-22)19-9-8-16(26)12-20(19)27/h5-15H,1-4H3. The third-order valence-corrected chi connectivity index (χ3v) is 5.07. The average Bonchev–Trinajstić information content (AvgIpc) is 2.79. The number of nitrogens with zero attached hydrogens (tertiary/aromatic N) is 5. The monoisotopic (exact) mass is 431 g/mol. The van der Waals surface area contributed by atoms with E-state index in [1.165, 1.54) is 12.1 Å². The van der Waals surface area contributed by atoms with E-state index >= 15 is 0 Å². The molecule has 3 aromatic heterocycles. The van der Waals surface area contributed by atoms with Crippen LogP contribution in [0.25, 0.3) is 34.0 Å². The lowest BCUT2D eigenvalue weighted by molar-refractivity contribution is 0.585. The maximum absolute atomic E-state index is 14.3. The van der Waals surface area contributed by atoms with Crippen LogP contribution in [0.5, 0.6) is 0 Å². The summed E-state index contributed by atoms with van der Waals surface area (Å²) in [5, 5.41) is 0. The minimum atomic E-state index is -0.657. The Morgan fingerprint density at radius 2 is 1.25 bits per heavy atom. The summed E-state index contributed by atoms with van der Waals surface area (Å²) in [4.78, 5) is 17.9. The van der Waals surface area contributed by atoms with E-state index in [0.717, 1.165) is 23.1 Å². The summed E-state index contributed by atoms with van der Waals surface area (Å²) < 4.78 is 27.6. The number of anilines is 2. The van der Waals surface area contributed by atoms with Crippen LogP contribution in [-0.4, -0.2) is 43.1 Å². The molecule has 162 valence electrons. The van der Waals surface area contributed by atoms with Gasteiger partial charge in [0.25, 0.3) is 0 Å². The fraction of sp³-hybridized carbons (Fsp3) is 0.160. The lowest BCUT2D eigenvalue weighted by atomic mass is 10.1. The molecule has 0 N–H and O–H groups in total. The predicted molar refractivity (Wildman–Crippen MR) is 125 cm³/mol. The topological polar surface area (TPSA) is 45.2 Å². The summed E-state index contributed by atoms with van der Waals surface area (Å²) in [6.45, 7) is 0. The summed E-state index contributed by atoms with van der Waals surface area (Å²) in [7, 11) is 7.84. The number of rotatable bonds is 5. The highest BCUT2D eigenvalue weighted by Crippen LogP contribution is 2.30. The van der Waals surface area contributed by atoms with Crippen molar-refractivity contribution in [3.8, 4) is 34.0 Å². The molecule has 4 aromatic rings. The fourth-order valence-electron chi connectivity index (χ4n) is 3.30. The zero-order valence-electron chi connectivity index (χ0n) is 18.3. The Kier molecular flexibility index (Phi) is 5.81. The molecular weight excluding hydrogens is 408 g/mol. The van der Waals surface area contributed by atoms with Crippen LogP contribution >= 0.6 is 0 Å². The van der Waals surface area contributed by atoms with E-state index in [9.17, 15) is 8.78 Å². The third-order valence-electron chi connectivity index (χ3n) is 5.07. The van der Waals surface area contributed by atoms with E-state index in [1.807, 2.05) is 68.3 Å². The highest BCUT2D eigenvalue weighted by molar-refractivity contribution is 5.72. The quantitative estimate of drug-likeness (QED) is 0.430. The molecule has 4 rings (SSSR count). The van der Waals surface area contributed by atoms with E-state index in [2.05, 4.69) is 9.97 Å². The van der Waals surface area contributed by atoms with Gasteiger partial charge in [-0.25, -0.2) is 18.7 Å². The number of hydrogen-bond donors (Lipinski definition) is 0. The van der Waals surface area contributed by atoms with Gasteiger partial charge in [-0.2, -0.15) is 0 Å². The number of pyridine rings is 3. The van der Waals surface area contributed by atoms with Gasteiger partial charge >= 0.3 is 0 Å². The van der Waals surface area contributed by atoms with Crippen molar-refractivity contribution in [2.75, 3.05) is 38.0 Å². The summed E-state index contributed by atoms with van der Waals surface area (Å²) in [5.41, 5.74) is 5.25. The first-order chi connectivity index (χ1) is 15.3. The van der Waals surface area contributed by atoms with E-state index in [0.29, 0.717) is 22.8 Å². The van der Waals surface area contributed by atoms with Gasteiger partial charge in [-0.1, -0.05) is 6.07 Å². The normalized spacial score (nSPS) is 10.8. The van der Waals surface area contributed by atoms with Gasteiger partial charge in [0.15, 0.2) is 0 Å². The molecule has 0 bridgehead atoms. The second-order valence-electron chi connectivity index (χ2n) is 7.82. The van der Waals surface area contributed by atoms with Crippen molar-refractivity contribution < 1.29 is 8.78 Å². The van der Waals surface area contributed by atoms with Crippen molar-refractivity contribution in [2.24, 2.45) is 0 Å². The molecule has 0 radical (unpaired) electrons. The van der Waals surface area contributed by atoms with Crippen molar-refractivity contribution in [2.45, 2.75) is 0 Å². The number of hydrogen-bond acceptors (Lipinski definition) is 5. The molecule has 0 aliphatic carbocycles. The molecule has 3 heterocycles. The van der Waals surface area contributed by atoms with E-state index < -0.39 is 11.6 Å². The maximum Gasteiger partial charge on any atom is 0.135 e. The predicted octanol–water partition coefficient (Wildman–Crippen LogP) is 5.28. The van der Waals surface area contributed by atoms with Crippen LogP contribution in [0.1, 0.15) is 0 Å². The van der Waals surface area contributed by atoms with Gasteiger partial charge in [0.05, 0.1) is 28.5 Å². The van der Waals surface area contributed by atoms with E-state index in [-0.39, 0.29) is 5.56 Å². The first-order valence-corrected chi connectivity index (χ1v) is 10.1. The maximum atomic E-state index is 14.3. The molecule has 1 aromatic carbocycles. The molecule has 0 spiro atoms. The van der Waals surface area contributed by atoms with Crippen LogP contribution in [0.15, 0.2) is 66.9 Å². The van der Waals surface area contributed by atoms with E-state index in [1.54, 1.807) is 18.3 Å². The fourth-order valence-corrected chi connectivity index (χ4v) is 3.30. The van der Waals surface area contributed by atoms with Crippen LogP contribution < -0.4 is 9.80 Å². The van der Waals surface area contributed by atoms with Crippen LogP contribution in [-0.2, 0) is 0 Å². The zero-order valence-corrected chi connectivity index (χ0v) is 18.3. The molecule has 0 unspecified atom stereocenters. The van der Waals surface area contributed by atoms with Crippen molar-refractivity contribution in [1.82, 2.24) is 15.0 Å². The Morgan fingerprint density at radius 1 is 0.625 bits per heavy atom. The van der Waals surface area contributed by atoms with Crippen molar-refractivity contribution in [1.29, 1.82) is 0 Å².